The zero-order chi connectivity index (χ0) is 24.1. The van der Waals surface area contributed by atoms with E-state index in [1.54, 1.807) is 12.1 Å². The van der Waals surface area contributed by atoms with E-state index in [2.05, 4.69) is 24.0 Å². The van der Waals surface area contributed by atoms with Crippen LogP contribution in [0, 0.1) is 12.8 Å². The molecule has 0 N–H and O–H groups in total. The van der Waals surface area contributed by atoms with E-state index < -0.39 is 0 Å². The van der Waals surface area contributed by atoms with E-state index in [0.29, 0.717) is 39.0 Å². The van der Waals surface area contributed by atoms with Gasteiger partial charge in [0.1, 0.15) is 5.75 Å². The molecule has 0 bridgehead atoms. The third-order valence-corrected chi connectivity index (χ3v) is 6.68. The number of carbonyl (C=O) groups is 2. The molecule has 1 saturated heterocycles. The highest BCUT2D eigenvalue weighted by atomic mass is 16.5. The fourth-order valence-corrected chi connectivity index (χ4v) is 4.77. The Bertz CT molecular complexity index is 1060. The number of amides is 1. The minimum absolute atomic E-state index is 0.0271. The average molecular weight is 464 g/mol. The third kappa shape index (κ3) is 5.30. The number of rotatable bonds is 7. The second-order valence-corrected chi connectivity index (χ2v) is 8.90. The van der Waals surface area contributed by atoms with Crippen LogP contribution in [0.15, 0.2) is 53.6 Å². The van der Waals surface area contributed by atoms with E-state index in [-0.39, 0.29) is 30.4 Å². The molecule has 7 heteroatoms. The van der Waals surface area contributed by atoms with Crippen LogP contribution in [0.5, 0.6) is 5.75 Å². The van der Waals surface area contributed by atoms with Gasteiger partial charge < -0.3 is 9.47 Å². The number of hydrazone groups is 1. The van der Waals surface area contributed by atoms with Crippen molar-refractivity contribution in [3.05, 3.63) is 65.2 Å². The minimum Gasteiger partial charge on any atom is -0.497 e. The number of methoxy groups -OCH3 is 1. The van der Waals surface area contributed by atoms with Gasteiger partial charge >= 0.3 is 5.97 Å². The lowest BCUT2D eigenvalue weighted by atomic mass is 9.95. The molecule has 7 nitrogen and oxygen atoms in total. The highest BCUT2D eigenvalue weighted by molar-refractivity contribution is 6.03. The van der Waals surface area contributed by atoms with Gasteiger partial charge in [-0.15, -0.1) is 0 Å². The molecule has 0 saturated carbocycles. The summed E-state index contributed by atoms with van der Waals surface area (Å²) in [6, 6.07) is 15.8. The van der Waals surface area contributed by atoms with E-state index >= 15 is 0 Å². The van der Waals surface area contributed by atoms with E-state index in [1.807, 2.05) is 43.3 Å². The van der Waals surface area contributed by atoms with E-state index in [0.717, 1.165) is 28.2 Å². The highest BCUT2D eigenvalue weighted by Crippen LogP contribution is 2.35. The van der Waals surface area contributed by atoms with Gasteiger partial charge in [0, 0.05) is 12.0 Å². The number of ether oxygens (including phenoxy) is 2. The first-order chi connectivity index (χ1) is 16.5. The minimum atomic E-state index is -0.146. The topological polar surface area (TPSA) is 71.4 Å². The summed E-state index contributed by atoms with van der Waals surface area (Å²) < 4.78 is 10.5. The molecule has 34 heavy (non-hydrogen) atoms. The zero-order valence-corrected chi connectivity index (χ0v) is 20.2. The summed E-state index contributed by atoms with van der Waals surface area (Å²) in [5.41, 5.74) is 4.09. The number of likely N-dealkylation sites (tertiary alicyclic amines) is 1. The molecule has 0 aliphatic carbocycles. The second-order valence-electron chi connectivity index (χ2n) is 8.90. The van der Waals surface area contributed by atoms with Gasteiger partial charge in [-0.2, -0.15) is 5.10 Å². The van der Waals surface area contributed by atoms with Gasteiger partial charge in [-0.25, -0.2) is 5.01 Å². The van der Waals surface area contributed by atoms with Crippen molar-refractivity contribution in [1.82, 2.24) is 9.91 Å². The maximum absolute atomic E-state index is 13.5. The molecule has 0 unspecified atom stereocenters. The molecule has 0 spiro atoms. The monoisotopic (exact) mass is 463 g/mol. The summed E-state index contributed by atoms with van der Waals surface area (Å²) in [4.78, 5) is 27.6. The molecule has 2 aliphatic rings. The largest absolute Gasteiger partial charge is 0.497 e. The molecule has 4 rings (SSSR count). The SMILES string of the molecule is CCOC(=O)C1CCN(CC(=O)N2N=C(c3cccc(OC)c3)C[C@H]2c2ccccc2C)CC1. The van der Waals surface area contributed by atoms with Crippen molar-refractivity contribution in [3.8, 4) is 5.75 Å². The lowest BCUT2D eigenvalue weighted by molar-refractivity contribution is -0.149. The Hall–Kier alpha value is -3.19. The molecule has 1 atom stereocenters. The summed E-state index contributed by atoms with van der Waals surface area (Å²) >= 11 is 0. The van der Waals surface area contributed by atoms with Gasteiger partial charge in [-0.3, -0.25) is 14.5 Å². The van der Waals surface area contributed by atoms with Crippen molar-refractivity contribution in [2.75, 3.05) is 33.4 Å². The number of hydrogen-bond acceptors (Lipinski definition) is 6. The average Bonchev–Trinajstić information content (AvgIpc) is 3.30. The second kappa shape index (κ2) is 10.8. The predicted molar refractivity (Wildman–Crippen MR) is 131 cm³/mol. The number of esters is 1. The van der Waals surface area contributed by atoms with Gasteiger partial charge in [0.15, 0.2) is 0 Å². The molecule has 0 aromatic heterocycles. The Morgan fingerprint density at radius 3 is 2.56 bits per heavy atom. The van der Waals surface area contributed by atoms with Crippen LogP contribution in [-0.4, -0.2) is 60.8 Å². The van der Waals surface area contributed by atoms with Crippen molar-refractivity contribution in [3.63, 3.8) is 0 Å². The molecule has 1 amide bonds. The molecule has 180 valence electrons. The molecular weight excluding hydrogens is 430 g/mol. The molecule has 2 heterocycles. The summed E-state index contributed by atoms with van der Waals surface area (Å²) in [6.07, 6.45) is 2.08. The van der Waals surface area contributed by atoms with Crippen LogP contribution in [0.25, 0.3) is 0 Å². The highest BCUT2D eigenvalue weighted by Gasteiger charge is 2.35. The normalized spacial score (nSPS) is 19.1. The number of aryl methyl sites for hydroxylation is 1. The Morgan fingerprint density at radius 1 is 1.09 bits per heavy atom. The van der Waals surface area contributed by atoms with E-state index in [9.17, 15) is 9.59 Å². The van der Waals surface area contributed by atoms with Crippen molar-refractivity contribution in [1.29, 1.82) is 0 Å². The van der Waals surface area contributed by atoms with Crippen LogP contribution in [0.3, 0.4) is 0 Å². The summed E-state index contributed by atoms with van der Waals surface area (Å²) in [6.45, 7) is 5.98. The molecule has 2 aliphatic heterocycles. The number of carbonyl (C=O) groups excluding carboxylic acids is 2. The van der Waals surface area contributed by atoms with Crippen LogP contribution in [0.1, 0.15) is 48.9 Å². The van der Waals surface area contributed by atoms with Gasteiger partial charge in [-0.05, 0) is 63.0 Å². The van der Waals surface area contributed by atoms with Gasteiger partial charge in [0.2, 0.25) is 0 Å². The fraction of sp³-hybridized carbons (Fsp3) is 0.444. The van der Waals surface area contributed by atoms with Crippen molar-refractivity contribution >= 4 is 17.6 Å². The number of nitrogens with zero attached hydrogens (tertiary/aromatic N) is 3. The Kier molecular flexibility index (Phi) is 7.63. The fourth-order valence-electron chi connectivity index (χ4n) is 4.77. The van der Waals surface area contributed by atoms with E-state index in [4.69, 9.17) is 14.6 Å². The Labute approximate surface area is 201 Å². The zero-order valence-electron chi connectivity index (χ0n) is 20.2. The van der Waals surface area contributed by atoms with Crippen molar-refractivity contribution < 1.29 is 19.1 Å². The maximum Gasteiger partial charge on any atom is 0.309 e. The van der Waals surface area contributed by atoms with Gasteiger partial charge in [-0.1, -0.05) is 36.4 Å². The molecular formula is C27H33N3O4. The first kappa shape index (κ1) is 24.0. The number of benzene rings is 2. The summed E-state index contributed by atoms with van der Waals surface area (Å²) in [5, 5.41) is 6.47. The quantitative estimate of drug-likeness (QED) is 0.582. The number of piperidine rings is 1. The maximum atomic E-state index is 13.5. The van der Waals surface area contributed by atoms with Crippen LogP contribution in [-0.2, 0) is 14.3 Å². The van der Waals surface area contributed by atoms with Crippen molar-refractivity contribution in [2.24, 2.45) is 11.0 Å². The smallest absolute Gasteiger partial charge is 0.309 e. The third-order valence-electron chi connectivity index (χ3n) is 6.68. The molecule has 1 fully saturated rings. The summed E-state index contributed by atoms with van der Waals surface area (Å²) in [7, 11) is 1.65. The summed E-state index contributed by atoms with van der Waals surface area (Å²) in [5.74, 6) is 0.540. The Balaban J connectivity index is 1.51. The van der Waals surface area contributed by atoms with Crippen LogP contribution < -0.4 is 4.74 Å². The predicted octanol–water partition coefficient (Wildman–Crippen LogP) is 3.96. The van der Waals surface area contributed by atoms with Crippen LogP contribution >= 0.6 is 0 Å². The first-order valence-electron chi connectivity index (χ1n) is 12.0. The lowest BCUT2D eigenvalue weighted by Gasteiger charge is -2.32. The van der Waals surface area contributed by atoms with Crippen LogP contribution in [0.2, 0.25) is 0 Å². The Morgan fingerprint density at radius 2 is 1.85 bits per heavy atom. The first-order valence-corrected chi connectivity index (χ1v) is 12.0. The molecule has 0 radical (unpaired) electrons. The standard InChI is InChI=1S/C27H33N3O4/c1-4-34-27(32)20-12-14-29(15-13-20)18-26(31)30-25(23-11-6-5-8-19(23)2)17-24(28-30)21-9-7-10-22(16-21)33-3/h5-11,16,20,25H,4,12-15,17-18H2,1-3H3/t25-/m0/s1. The van der Waals surface area contributed by atoms with Crippen LogP contribution in [0.4, 0.5) is 0 Å². The van der Waals surface area contributed by atoms with E-state index in [1.165, 1.54) is 0 Å². The number of hydrogen-bond donors (Lipinski definition) is 0. The molecule has 2 aromatic rings. The molecule has 2 aromatic carbocycles. The van der Waals surface area contributed by atoms with Gasteiger partial charge in [0.05, 0.1) is 37.9 Å². The van der Waals surface area contributed by atoms with Crippen molar-refractivity contribution in [2.45, 2.75) is 39.2 Å². The van der Waals surface area contributed by atoms with Gasteiger partial charge in [0.25, 0.3) is 5.91 Å². The lowest BCUT2D eigenvalue weighted by Crippen LogP contribution is -2.43.